The van der Waals surface area contributed by atoms with Crippen molar-refractivity contribution in [2.24, 2.45) is 0 Å². The van der Waals surface area contributed by atoms with Crippen LogP contribution in [-0.4, -0.2) is 49.3 Å². The van der Waals surface area contributed by atoms with Crippen molar-refractivity contribution < 1.29 is 13.2 Å². The van der Waals surface area contributed by atoms with E-state index in [-0.39, 0.29) is 17.7 Å². The molecule has 0 radical (unpaired) electrons. The first kappa shape index (κ1) is 19.9. The third-order valence-electron chi connectivity index (χ3n) is 3.68. The summed E-state index contributed by atoms with van der Waals surface area (Å²) in [5, 5.41) is 3.11. The molecule has 0 aliphatic heterocycles. The monoisotopic (exact) mass is 398 g/mol. The number of nitrogens with zero attached hydrogens (tertiary/aromatic N) is 2. The van der Waals surface area contributed by atoms with Gasteiger partial charge in [0.1, 0.15) is 9.84 Å². The molecule has 5 nitrogen and oxygen atoms in total. The van der Waals surface area contributed by atoms with Gasteiger partial charge in [-0.3, -0.25) is 4.79 Å². The Morgan fingerprint density at radius 3 is 2.48 bits per heavy atom. The molecule has 0 bridgehead atoms. The Morgan fingerprint density at radius 2 is 1.96 bits per heavy atom. The minimum Gasteiger partial charge on any atom is -0.338 e. The second kappa shape index (κ2) is 8.33. The number of thioether (sulfide) groups is 1. The van der Waals surface area contributed by atoms with Crippen LogP contribution in [0.2, 0.25) is 0 Å². The molecule has 1 heterocycles. The Labute approximate surface area is 157 Å². The van der Waals surface area contributed by atoms with Crippen LogP contribution in [0.15, 0.2) is 34.5 Å². The molecule has 0 saturated carbocycles. The predicted octanol–water partition coefficient (Wildman–Crippen LogP) is 3.25. The molecule has 0 spiro atoms. The van der Waals surface area contributed by atoms with Crippen molar-refractivity contribution >= 4 is 38.8 Å². The van der Waals surface area contributed by atoms with Gasteiger partial charge in [0.05, 0.1) is 16.5 Å². The summed E-state index contributed by atoms with van der Waals surface area (Å²) >= 11 is 3.31. The molecule has 8 heteroatoms. The van der Waals surface area contributed by atoms with Gasteiger partial charge < -0.3 is 4.90 Å². The molecule has 1 aromatic heterocycles. The average molecular weight is 399 g/mol. The number of thiazole rings is 1. The molecule has 1 amide bonds. The normalized spacial score (nSPS) is 12.8. The fourth-order valence-corrected chi connectivity index (χ4v) is 4.89. The Balaban J connectivity index is 1.97. The zero-order valence-electron chi connectivity index (χ0n) is 14.7. The lowest BCUT2D eigenvalue weighted by atomic mass is 10.2. The van der Waals surface area contributed by atoms with E-state index in [2.05, 4.69) is 10.4 Å². The van der Waals surface area contributed by atoms with E-state index in [1.165, 1.54) is 11.2 Å². The van der Waals surface area contributed by atoms with Crippen LogP contribution >= 0.6 is 23.1 Å². The summed E-state index contributed by atoms with van der Waals surface area (Å²) in [7, 11) is -1.49. The molecule has 2 aromatic rings. The minimum atomic E-state index is -3.13. The van der Waals surface area contributed by atoms with Gasteiger partial charge in [-0.05, 0) is 38.1 Å². The van der Waals surface area contributed by atoms with Crippen molar-refractivity contribution in [2.45, 2.75) is 30.5 Å². The van der Waals surface area contributed by atoms with Crippen molar-refractivity contribution in [1.29, 1.82) is 0 Å². The smallest absolute Gasteiger partial charge is 0.253 e. The topological polar surface area (TPSA) is 67.3 Å². The standard InChI is InChI=1S/C17H22N2O3S3/c1-12(11-25(4,21)22)19(3)17(20)14-5-7-16(8-6-14)24-10-15-9-23-13(2)18-15/h5-9,12H,10-11H2,1-4H3/t12-/m1/s1. The molecule has 0 fully saturated rings. The SMILES string of the molecule is Cc1nc(CSc2ccc(C(=O)N(C)[C@H](C)CS(C)(=O)=O)cc2)cs1. The molecule has 0 aliphatic carbocycles. The van der Waals surface area contributed by atoms with Crippen molar-refractivity contribution in [3.8, 4) is 0 Å². The van der Waals surface area contributed by atoms with Crippen LogP contribution in [0.25, 0.3) is 0 Å². The molecule has 2 rings (SSSR count). The lowest BCUT2D eigenvalue weighted by molar-refractivity contribution is 0.0757. The van der Waals surface area contributed by atoms with Gasteiger partial charge in [-0.25, -0.2) is 13.4 Å². The number of amides is 1. The second-order valence-electron chi connectivity index (χ2n) is 6.03. The third-order valence-corrected chi connectivity index (χ3v) is 6.64. The first-order valence-corrected chi connectivity index (χ1v) is 11.7. The Morgan fingerprint density at radius 1 is 1.32 bits per heavy atom. The summed E-state index contributed by atoms with van der Waals surface area (Å²) < 4.78 is 22.8. The molecule has 1 aromatic carbocycles. The molecule has 0 unspecified atom stereocenters. The number of hydrogen-bond donors (Lipinski definition) is 0. The van der Waals surface area contributed by atoms with E-state index in [4.69, 9.17) is 0 Å². The summed E-state index contributed by atoms with van der Waals surface area (Å²) in [5.74, 6) is 0.571. The minimum absolute atomic E-state index is 0.0454. The van der Waals surface area contributed by atoms with Crippen molar-refractivity contribution in [3.63, 3.8) is 0 Å². The van der Waals surface area contributed by atoms with Crippen LogP contribution in [0.1, 0.15) is 28.0 Å². The lowest BCUT2D eigenvalue weighted by Gasteiger charge is -2.24. The van der Waals surface area contributed by atoms with Crippen LogP contribution in [0, 0.1) is 6.92 Å². The predicted molar refractivity (Wildman–Crippen MR) is 104 cm³/mol. The summed E-state index contributed by atoms with van der Waals surface area (Å²) in [6.45, 7) is 3.72. The molecule has 0 aliphatic rings. The number of carbonyl (C=O) groups is 1. The van der Waals surface area contributed by atoms with Gasteiger partial charge in [0.25, 0.3) is 5.91 Å². The van der Waals surface area contributed by atoms with E-state index < -0.39 is 9.84 Å². The first-order chi connectivity index (χ1) is 11.7. The van der Waals surface area contributed by atoms with Crippen LogP contribution in [0.3, 0.4) is 0 Å². The van der Waals surface area contributed by atoms with Crippen LogP contribution in [0.5, 0.6) is 0 Å². The van der Waals surface area contributed by atoms with Gasteiger partial charge in [-0.1, -0.05) is 0 Å². The summed E-state index contributed by atoms with van der Waals surface area (Å²) in [5.41, 5.74) is 1.61. The van der Waals surface area contributed by atoms with Crippen LogP contribution in [0.4, 0.5) is 0 Å². The number of hydrogen-bond acceptors (Lipinski definition) is 6. The fraction of sp³-hybridized carbons (Fsp3) is 0.412. The maximum absolute atomic E-state index is 12.5. The van der Waals surface area contributed by atoms with Gasteiger partial charge in [0.15, 0.2) is 0 Å². The van der Waals surface area contributed by atoms with Crippen molar-refractivity contribution in [3.05, 3.63) is 45.9 Å². The highest BCUT2D eigenvalue weighted by Crippen LogP contribution is 2.24. The number of benzene rings is 1. The van der Waals surface area contributed by atoms with Gasteiger partial charge in [0.2, 0.25) is 0 Å². The molecule has 0 N–H and O–H groups in total. The van der Waals surface area contributed by atoms with Gasteiger partial charge in [-0.15, -0.1) is 23.1 Å². The summed E-state index contributed by atoms with van der Waals surface area (Å²) in [4.78, 5) is 19.4. The van der Waals surface area contributed by atoms with Gasteiger partial charge >= 0.3 is 0 Å². The molecular weight excluding hydrogens is 376 g/mol. The molecule has 0 saturated heterocycles. The highest BCUT2D eigenvalue weighted by Gasteiger charge is 2.20. The number of aryl methyl sites for hydroxylation is 1. The lowest BCUT2D eigenvalue weighted by Crippen LogP contribution is -2.39. The van der Waals surface area contributed by atoms with E-state index in [0.29, 0.717) is 5.56 Å². The molecule has 25 heavy (non-hydrogen) atoms. The second-order valence-corrected chi connectivity index (χ2v) is 10.3. The summed E-state index contributed by atoms with van der Waals surface area (Å²) in [6, 6.07) is 7.00. The quantitative estimate of drug-likeness (QED) is 0.670. The van der Waals surface area contributed by atoms with E-state index in [0.717, 1.165) is 21.3 Å². The fourth-order valence-electron chi connectivity index (χ4n) is 2.28. The van der Waals surface area contributed by atoms with E-state index in [9.17, 15) is 13.2 Å². The molecule has 136 valence electrons. The van der Waals surface area contributed by atoms with E-state index in [1.807, 2.05) is 19.1 Å². The zero-order valence-corrected chi connectivity index (χ0v) is 17.2. The van der Waals surface area contributed by atoms with Crippen LogP contribution < -0.4 is 0 Å². The highest BCUT2D eigenvalue weighted by atomic mass is 32.2. The van der Waals surface area contributed by atoms with E-state index >= 15 is 0 Å². The maximum atomic E-state index is 12.5. The molecule has 1 atom stereocenters. The van der Waals surface area contributed by atoms with Gasteiger partial charge in [-0.2, -0.15) is 0 Å². The van der Waals surface area contributed by atoms with Crippen molar-refractivity contribution in [1.82, 2.24) is 9.88 Å². The zero-order chi connectivity index (χ0) is 18.6. The highest BCUT2D eigenvalue weighted by molar-refractivity contribution is 7.98. The maximum Gasteiger partial charge on any atom is 0.253 e. The number of rotatable bonds is 7. The third kappa shape index (κ3) is 6.13. The van der Waals surface area contributed by atoms with Gasteiger partial charge in [0, 0.05) is 40.9 Å². The van der Waals surface area contributed by atoms with Crippen molar-refractivity contribution in [2.75, 3.05) is 19.1 Å². The number of aromatic nitrogens is 1. The Hall–Kier alpha value is -1.38. The Bertz CT molecular complexity index is 829. The summed E-state index contributed by atoms with van der Waals surface area (Å²) in [6.07, 6.45) is 1.18. The van der Waals surface area contributed by atoms with Crippen LogP contribution in [-0.2, 0) is 15.6 Å². The Kier molecular flexibility index (Phi) is 6.65. The largest absolute Gasteiger partial charge is 0.338 e. The number of sulfone groups is 1. The first-order valence-electron chi connectivity index (χ1n) is 7.74. The molecular formula is C17H22N2O3S3. The average Bonchev–Trinajstić information content (AvgIpc) is 2.96. The van der Waals surface area contributed by atoms with E-state index in [1.54, 1.807) is 49.2 Å². The number of carbonyl (C=O) groups excluding carboxylic acids is 1.